The molecule has 6 heteroatoms. The van der Waals surface area contributed by atoms with E-state index in [1.165, 1.54) is 0 Å². The Labute approximate surface area is 137 Å². The zero-order valence-electron chi connectivity index (χ0n) is 14.6. The number of carbonyl (C=O) groups is 2. The first kappa shape index (κ1) is 16.7. The number of nitrogens with zero attached hydrogens (tertiary/aromatic N) is 1. The van der Waals surface area contributed by atoms with Crippen LogP contribution in [0.1, 0.15) is 53.9 Å². The molecule has 2 aliphatic heterocycles. The molecule has 0 aromatic rings. The maximum Gasteiger partial charge on any atom is 0.410 e. The summed E-state index contributed by atoms with van der Waals surface area (Å²) in [4.78, 5) is 26.5. The molecule has 0 aromatic heterocycles. The van der Waals surface area contributed by atoms with Gasteiger partial charge in [-0.2, -0.15) is 0 Å². The SMILES string of the molecule is CC(C)(C)OC(=O)N1CCCC1[C@H]1CC(=O)[C@@H]2OC(C)(C)O[C@H]12. The molecule has 1 aliphatic carbocycles. The van der Waals surface area contributed by atoms with Gasteiger partial charge in [0.25, 0.3) is 0 Å². The Kier molecular flexibility index (Phi) is 3.96. The Morgan fingerprint density at radius 2 is 2.00 bits per heavy atom. The molecule has 0 spiro atoms. The summed E-state index contributed by atoms with van der Waals surface area (Å²) >= 11 is 0. The van der Waals surface area contributed by atoms with E-state index in [0.29, 0.717) is 13.0 Å². The summed E-state index contributed by atoms with van der Waals surface area (Å²) in [7, 11) is 0. The number of rotatable bonds is 1. The lowest BCUT2D eigenvalue weighted by Crippen LogP contribution is -2.45. The maximum absolute atomic E-state index is 12.5. The van der Waals surface area contributed by atoms with E-state index in [2.05, 4.69) is 0 Å². The molecular formula is C17H27NO5. The minimum absolute atomic E-state index is 0.00991. The number of hydrogen-bond acceptors (Lipinski definition) is 5. The van der Waals surface area contributed by atoms with Gasteiger partial charge in [0, 0.05) is 24.9 Å². The zero-order chi connectivity index (χ0) is 17.0. The van der Waals surface area contributed by atoms with Gasteiger partial charge in [-0.25, -0.2) is 4.79 Å². The highest BCUT2D eigenvalue weighted by atomic mass is 16.8. The predicted molar refractivity (Wildman–Crippen MR) is 82.9 cm³/mol. The van der Waals surface area contributed by atoms with Gasteiger partial charge in [-0.3, -0.25) is 4.79 Å². The van der Waals surface area contributed by atoms with Gasteiger partial charge in [-0.15, -0.1) is 0 Å². The van der Waals surface area contributed by atoms with E-state index in [4.69, 9.17) is 14.2 Å². The Morgan fingerprint density at radius 1 is 1.30 bits per heavy atom. The van der Waals surface area contributed by atoms with Crippen molar-refractivity contribution in [1.82, 2.24) is 4.90 Å². The van der Waals surface area contributed by atoms with Crippen LogP contribution in [0.25, 0.3) is 0 Å². The highest BCUT2D eigenvalue weighted by Crippen LogP contribution is 2.44. The van der Waals surface area contributed by atoms with Gasteiger partial charge in [-0.1, -0.05) is 0 Å². The lowest BCUT2D eigenvalue weighted by Gasteiger charge is -2.33. The lowest BCUT2D eigenvalue weighted by molar-refractivity contribution is -0.164. The molecule has 6 nitrogen and oxygen atoms in total. The van der Waals surface area contributed by atoms with Crippen LogP contribution in [-0.2, 0) is 19.0 Å². The molecule has 2 heterocycles. The second-order valence-electron chi connectivity index (χ2n) is 8.24. The number of likely N-dealkylation sites (tertiary alicyclic amines) is 1. The zero-order valence-corrected chi connectivity index (χ0v) is 14.6. The van der Waals surface area contributed by atoms with Crippen LogP contribution in [0.3, 0.4) is 0 Å². The molecule has 0 radical (unpaired) electrons. The summed E-state index contributed by atoms with van der Waals surface area (Å²) in [5, 5.41) is 0. The van der Waals surface area contributed by atoms with Crippen LogP contribution >= 0.6 is 0 Å². The Morgan fingerprint density at radius 3 is 2.65 bits per heavy atom. The van der Waals surface area contributed by atoms with Crippen molar-refractivity contribution in [3.63, 3.8) is 0 Å². The van der Waals surface area contributed by atoms with Crippen molar-refractivity contribution < 1.29 is 23.8 Å². The summed E-state index contributed by atoms with van der Waals surface area (Å²) in [6.45, 7) is 9.92. The second-order valence-corrected chi connectivity index (χ2v) is 8.24. The molecule has 4 atom stereocenters. The molecule has 23 heavy (non-hydrogen) atoms. The van der Waals surface area contributed by atoms with Crippen LogP contribution in [0.2, 0.25) is 0 Å². The minimum Gasteiger partial charge on any atom is -0.444 e. The van der Waals surface area contributed by atoms with E-state index in [1.807, 2.05) is 34.6 Å². The van der Waals surface area contributed by atoms with Gasteiger partial charge in [0.1, 0.15) is 11.7 Å². The van der Waals surface area contributed by atoms with E-state index in [9.17, 15) is 9.59 Å². The van der Waals surface area contributed by atoms with Crippen LogP contribution in [0.5, 0.6) is 0 Å². The smallest absolute Gasteiger partial charge is 0.410 e. The average molecular weight is 325 g/mol. The van der Waals surface area contributed by atoms with Crippen LogP contribution in [0, 0.1) is 5.92 Å². The predicted octanol–water partition coefficient (Wildman–Crippen LogP) is 2.50. The molecule has 0 N–H and O–H groups in total. The first-order valence-corrected chi connectivity index (χ1v) is 8.45. The quantitative estimate of drug-likeness (QED) is 0.741. The van der Waals surface area contributed by atoms with Crippen LogP contribution < -0.4 is 0 Å². The van der Waals surface area contributed by atoms with Crippen molar-refractivity contribution in [2.24, 2.45) is 5.92 Å². The molecule has 0 bridgehead atoms. The molecule has 0 aromatic carbocycles. The van der Waals surface area contributed by atoms with Crippen molar-refractivity contribution in [1.29, 1.82) is 0 Å². The van der Waals surface area contributed by atoms with Gasteiger partial charge in [0.05, 0.1) is 6.10 Å². The largest absolute Gasteiger partial charge is 0.444 e. The average Bonchev–Trinajstić information content (AvgIpc) is 3.03. The van der Waals surface area contributed by atoms with Crippen molar-refractivity contribution in [3.05, 3.63) is 0 Å². The lowest BCUT2D eigenvalue weighted by atomic mass is 9.93. The molecule has 1 unspecified atom stereocenters. The number of ether oxygens (including phenoxy) is 3. The number of fused-ring (bicyclic) bond motifs is 1. The summed E-state index contributed by atoms with van der Waals surface area (Å²) in [6, 6.07) is -0.0127. The van der Waals surface area contributed by atoms with Gasteiger partial charge in [0.2, 0.25) is 0 Å². The number of carbonyl (C=O) groups excluding carboxylic acids is 2. The molecule has 2 saturated heterocycles. The summed E-state index contributed by atoms with van der Waals surface area (Å²) in [5.74, 6) is -0.662. The van der Waals surface area contributed by atoms with E-state index < -0.39 is 17.5 Å². The van der Waals surface area contributed by atoms with Gasteiger partial charge < -0.3 is 19.1 Å². The van der Waals surface area contributed by atoms with Crippen molar-refractivity contribution >= 4 is 11.9 Å². The van der Waals surface area contributed by atoms with E-state index in [1.54, 1.807) is 4.90 Å². The third-order valence-electron chi connectivity index (χ3n) is 4.73. The Bertz CT molecular complexity index is 510. The topological polar surface area (TPSA) is 65.1 Å². The van der Waals surface area contributed by atoms with E-state index in [0.717, 1.165) is 12.8 Å². The summed E-state index contributed by atoms with van der Waals surface area (Å²) < 4.78 is 17.2. The minimum atomic E-state index is -0.737. The van der Waals surface area contributed by atoms with Crippen molar-refractivity contribution in [2.45, 2.75) is 83.5 Å². The normalized spacial score (nSPS) is 36.4. The monoisotopic (exact) mass is 325 g/mol. The van der Waals surface area contributed by atoms with Gasteiger partial charge >= 0.3 is 6.09 Å². The highest BCUT2D eigenvalue weighted by molar-refractivity contribution is 5.87. The number of amides is 1. The fraction of sp³-hybridized carbons (Fsp3) is 0.882. The molecule has 3 fully saturated rings. The van der Waals surface area contributed by atoms with E-state index >= 15 is 0 Å². The molecule has 130 valence electrons. The number of Topliss-reactive ketones (excluding diaryl/α,β-unsaturated/α-hetero) is 1. The third kappa shape index (κ3) is 3.24. The summed E-state index contributed by atoms with van der Waals surface area (Å²) in [5.41, 5.74) is -0.521. The van der Waals surface area contributed by atoms with Gasteiger partial charge in [-0.05, 0) is 47.5 Å². The fourth-order valence-electron chi connectivity index (χ4n) is 3.96. The first-order chi connectivity index (χ1) is 10.6. The number of ketones is 1. The summed E-state index contributed by atoms with van der Waals surface area (Å²) in [6.07, 6.45) is 1.17. The van der Waals surface area contributed by atoms with Crippen LogP contribution in [0.15, 0.2) is 0 Å². The molecule has 3 aliphatic rings. The fourth-order valence-corrected chi connectivity index (χ4v) is 3.96. The molecule has 3 rings (SSSR count). The molecular weight excluding hydrogens is 298 g/mol. The van der Waals surface area contributed by atoms with E-state index in [-0.39, 0.29) is 29.9 Å². The molecule has 1 saturated carbocycles. The molecule has 1 amide bonds. The van der Waals surface area contributed by atoms with Crippen molar-refractivity contribution in [2.75, 3.05) is 6.54 Å². The van der Waals surface area contributed by atoms with Crippen LogP contribution in [-0.4, -0.2) is 53.0 Å². The third-order valence-corrected chi connectivity index (χ3v) is 4.73. The highest BCUT2D eigenvalue weighted by Gasteiger charge is 2.57. The standard InChI is InChI=1S/C17H27NO5/c1-16(2,3)23-15(20)18-8-6-7-11(18)10-9-12(19)14-13(10)21-17(4,5)22-14/h10-11,13-14H,6-9H2,1-5H3/t10-,11?,13-,14+/m1/s1. The van der Waals surface area contributed by atoms with Gasteiger partial charge in [0.15, 0.2) is 11.6 Å². The van der Waals surface area contributed by atoms with Crippen molar-refractivity contribution in [3.8, 4) is 0 Å². The number of hydrogen-bond donors (Lipinski definition) is 0. The van der Waals surface area contributed by atoms with Crippen LogP contribution in [0.4, 0.5) is 4.79 Å². The Hall–Kier alpha value is -1.14. The maximum atomic E-state index is 12.5. The Balaban J connectivity index is 1.75. The second kappa shape index (κ2) is 5.45. The first-order valence-electron chi connectivity index (χ1n) is 8.45.